The van der Waals surface area contributed by atoms with Gasteiger partial charge in [0.15, 0.2) is 0 Å². The van der Waals surface area contributed by atoms with Gasteiger partial charge in [-0.2, -0.15) is 0 Å². The molecule has 1 aromatic rings. The van der Waals surface area contributed by atoms with Crippen molar-refractivity contribution < 1.29 is 9.84 Å². The van der Waals surface area contributed by atoms with Gasteiger partial charge in [0.25, 0.3) is 0 Å². The van der Waals surface area contributed by atoms with Crippen LogP contribution in [0.25, 0.3) is 0 Å². The minimum absolute atomic E-state index is 0.0416. The highest BCUT2D eigenvalue weighted by molar-refractivity contribution is 5.38. The maximum atomic E-state index is 8.84. The van der Waals surface area contributed by atoms with Crippen molar-refractivity contribution in [1.82, 2.24) is 0 Å². The molecule has 0 amide bonds. The molecule has 3 heteroatoms. The van der Waals surface area contributed by atoms with Crippen LogP contribution in [0.3, 0.4) is 0 Å². The van der Waals surface area contributed by atoms with Gasteiger partial charge in [0.1, 0.15) is 12.4 Å². The number of rotatable bonds is 4. The molecule has 0 spiro atoms. The Bertz CT molecular complexity index is 331. The molecule has 0 saturated heterocycles. The lowest BCUT2D eigenvalue weighted by Gasteiger charge is -2.23. The second-order valence-corrected chi connectivity index (χ2v) is 5.00. The molecular formula is C13H21NO2. The standard InChI is InChI=1S/C13H21NO2/c1-13(2,3)11-6-4-5-7-12(11)16-9-10(14)8-15/h4-7,10,15H,8-9,14H2,1-3H3. The van der Waals surface area contributed by atoms with Crippen molar-refractivity contribution in [1.29, 1.82) is 0 Å². The zero-order valence-corrected chi connectivity index (χ0v) is 10.2. The average molecular weight is 223 g/mol. The summed E-state index contributed by atoms with van der Waals surface area (Å²) < 4.78 is 5.63. The minimum atomic E-state index is -0.326. The Hall–Kier alpha value is -1.06. The molecule has 16 heavy (non-hydrogen) atoms. The van der Waals surface area contributed by atoms with Gasteiger partial charge in [0.05, 0.1) is 12.6 Å². The van der Waals surface area contributed by atoms with Gasteiger partial charge >= 0.3 is 0 Å². The van der Waals surface area contributed by atoms with Gasteiger partial charge in [-0.25, -0.2) is 0 Å². The molecule has 1 aromatic carbocycles. The minimum Gasteiger partial charge on any atom is -0.492 e. The van der Waals surface area contributed by atoms with Crippen LogP contribution < -0.4 is 10.5 Å². The Morgan fingerprint density at radius 2 is 1.94 bits per heavy atom. The Morgan fingerprint density at radius 3 is 2.50 bits per heavy atom. The number of nitrogens with two attached hydrogens (primary N) is 1. The van der Waals surface area contributed by atoms with Crippen molar-refractivity contribution in [3.8, 4) is 5.75 Å². The topological polar surface area (TPSA) is 55.5 Å². The third-order valence-corrected chi connectivity index (χ3v) is 2.38. The van der Waals surface area contributed by atoms with Gasteiger partial charge in [-0.1, -0.05) is 39.0 Å². The second-order valence-electron chi connectivity index (χ2n) is 5.00. The van der Waals surface area contributed by atoms with Gasteiger partial charge in [-0.3, -0.25) is 0 Å². The molecule has 1 unspecified atom stereocenters. The fourth-order valence-corrected chi connectivity index (χ4v) is 1.46. The highest BCUT2D eigenvalue weighted by atomic mass is 16.5. The monoisotopic (exact) mass is 223 g/mol. The van der Waals surface area contributed by atoms with Crippen LogP contribution in [-0.4, -0.2) is 24.4 Å². The molecule has 3 nitrogen and oxygen atoms in total. The van der Waals surface area contributed by atoms with Crippen molar-refractivity contribution in [2.45, 2.75) is 32.2 Å². The van der Waals surface area contributed by atoms with Crippen LogP contribution in [0.5, 0.6) is 5.75 Å². The Labute approximate surface area is 97.2 Å². The summed E-state index contributed by atoms with van der Waals surface area (Å²) in [7, 11) is 0. The SMILES string of the molecule is CC(C)(C)c1ccccc1OCC(N)CO. The molecule has 3 N–H and O–H groups in total. The van der Waals surface area contributed by atoms with Gasteiger partial charge < -0.3 is 15.6 Å². The van der Waals surface area contributed by atoms with E-state index in [2.05, 4.69) is 26.8 Å². The number of hydrogen-bond acceptors (Lipinski definition) is 3. The molecule has 0 aliphatic carbocycles. The summed E-state index contributed by atoms with van der Waals surface area (Å²) in [4.78, 5) is 0. The predicted molar refractivity (Wildman–Crippen MR) is 65.7 cm³/mol. The molecule has 0 heterocycles. The van der Waals surface area contributed by atoms with Crippen molar-refractivity contribution in [3.05, 3.63) is 29.8 Å². The predicted octanol–water partition coefficient (Wildman–Crippen LogP) is 1.68. The van der Waals surface area contributed by atoms with Crippen LogP contribution in [0.15, 0.2) is 24.3 Å². The maximum absolute atomic E-state index is 8.84. The van der Waals surface area contributed by atoms with Crippen molar-refractivity contribution >= 4 is 0 Å². The lowest BCUT2D eigenvalue weighted by molar-refractivity contribution is 0.204. The summed E-state index contributed by atoms with van der Waals surface area (Å²) in [6.07, 6.45) is 0. The largest absolute Gasteiger partial charge is 0.492 e. The van der Waals surface area contributed by atoms with E-state index in [1.165, 1.54) is 0 Å². The van der Waals surface area contributed by atoms with Gasteiger partial charge in [-0.15, -0.1) is 0 Å². The Balaban J connectivity index is 2.80. The maximum Gasteiger partial charge on any atom is 0.123 e. The van der Waals surface area contributed by atoms with Gasteiger partial charge in [0.2, 0.25) is 0 Å². The van der Waals surface area contributed by atoms with E-state index in [0.717, 1.165) is 11.3 Å². The molecule has 90 valence electrons. The lowest BCUT2D eigenvalue weighted by atomic mass is 9.86. The van der Waals surface area contributed by atoms with E-state index in [0.29, 0.717) is 6.61 Å². The van der Waals surface area contributed by atoms with Crippen molar-refractivity contribution in [2.75, 3.05) is 13.2 Å². The Morgan fingerprint density at radius 1 is 1.31 bits per heavy atom. The fraction of sp³-hybridized carbons (Fsp3) is 0.538. The van der Waals surface area contributed by atoms with Crippen LogP contribution in [0.4, 0.5) is 0 Å². The fourth-order valence-electron chi connectivity index (χ4n) is 1.46. The first-order valence-corrected chi connectivity index (χ1v) is 5.54. The average Bonchev–Trinajstić information content (AvgIpc) is 2.25. The molecule has 1 rings (SSSR count). The normalized spacial score (nSPS) is 13.6. The van der Waals surface area contributed by atoms with Crippen LogP contribution >= 0.6 is 0 Å². The summed E-state index contributed by atoms with van der Waals surface area (Å²) in [5.74, 6) is 0.846. The first-order chi connectivity index (χ1) is 7.45. The Kier molecular flexibility index (Phi) is 4.33. The van der Waals surface area contributed by atoms with E-state index in [9.17, 15) is 0 Å². The van der Waals surface area contributed by atoms with Crippen LogP contribution in [-0.2, 0) is 5.41 Å². The molecule has 1 atom stereocenters. The summed E-state index contributed by atoms with van der Waals surface area (Å²) in [6.45, 7) is 6.70. The molecular weight excluding hydrogens is 202 g/mol. The molecule has 0 aliphatic rings. The molecule has 0 saturated carbocycles. The summed E-state index contributed by atoms with van der Waals surface area (Å²) in [5.41, 5.74) is 6.80. The van der Waals surface area contributed by atoms with E-state index in [1.54, 1.807) is 0 Å². The summed E-state index contributed by atoms with van der Waals surface area (Å²) >= 11 is 0. The molecule has 0 aromatic heterocycles. The van der Waals surface area contributed by atoms with Crippen LogP contribution in [0.2, 0.25) is 0 Å². The van der Waals surface area contributed by atoms with Gasteiger partial charge in [0, 0.05) is 0 Å². The zero-order valence-electron chi connectivity index (χ0n) is 10.2. The first-order valence-electron chi connectivity index (χ1n) is 5.54. The molecule has 0 bridgehead atoms. The van der Waals surface area contributed by atoms with E-state index >= 15 is 0 Å². The number of benzene rings is 1. The lowest BCUT2D eigenvalue weighted by Crippen LogP contribution is -2.31. The number of para-hydroxylation sites is 1. The van der Waals surface area contributed by atoms with Crippen LogP contribution in [0, 0.1) is 0 Å². The highest BCUT2D eigenvalue weighted by Crippen LogP contribution is 2.30. The van der Waals surface area contributed by atoms with E-state index in [-0.39, 0.29) is 18.1 Å². The smallest absolute Gasteiger partial charge is 0.123 e. The van der Waals surface area contributed by atoms with Crippen molar-refractivity contribution in [2.24, 2.45) is 5.73 Å². The number of hydrogen-bond donors (Lipinski definition) is 2. The summed E-state index contributed by atoms with van der Waals surface area (Å²) in [6, 6.07) is 7.60. The second kappa shape index (κ2) is 5.32. The summed E-state index contributed by atoms with van der Waals surface area (Å²) in [5, 5.41) is 8.84. The zero-order chi connectivity index (χ0) is 12.2. The third-order valence-electron chi connectivity index (χ3n) is 2.38. The quantitative estimate of drug-likeness (QED) is 0.816. The van der Waals surface area contributed by atoms with E-state index in [4.69, 9.17) is 15.6 Å². The van der Waals surface area contributed by atoms with Gasteiger partial charge in [-0.05, 0) is 17.0 Å². The number of aliphatic hydroxyl groups is 1. The third kappa shape index (κ3) is 3.51. The van der Waals surface area contributed by atoms with Crippen molar-refractivity contribution in [3.63, 3.8) is 0 Å². The van der Waals surface area contributed by atoms with E-state index in [1.807, 2.05) is 18.2 Å². The first kappa shape index (κ1) is 13.0. The highest BCUT2D eigenvalue weighted by Gasteiger charge is 2.18. The number of aliphatic hydroxyl groups excluding tert-OH is 1. The van der Waals surface area contributed by atoms with E-state index < -0.39 is 0 Å². The molecule has 0 radical (unpaired) electrons. The number of ether oxygens (including phenoxy) is 1. The molecule has 0 aliphatic heterocycles. The van der Waals surface area contributed by atoms with Crippen LogP contribution in [0.1, 0.15) is 26.3 Å². The molecule has 0 fully saturated rings.